The van der Waals surface area contributed by atoms with E-state index in [1.165, 1.54) is 11.1 Å². The summed E-state index contributed by atoms with van der Waals surface area (Å²) in [5.74, 6) is 0.589. The van der Waals surface area contributed by atoms with Gasteiger partial charge >= 0.3 is 0 Å². The fourth-order valence-electron chi connectivity index (χ4n) is 3.85. The number of carbonyl (C=O) groups is 1. The van der Waals surface area contributed by atoms with Crippen LogP contribution in [0.15, 0.2) is 24.3 Å². The van der Waals surface area contributed by atoms with Crippen molar-refractivity contribution in [1.29, 1.82) is 0 Å². The summed E-state index contributed by atoms with van der Waals surface area (Å²) < 4.78 is 5.78. The molecule has 2 heterocycles. The first-order valence-corrected chi connectivity index (χ1v) is 8.31. The van der Waals surface area contributed by atoms with Crippen LogP contribution < -0.4 is 5.73 Å². The minimum atomic E-state index is -0.286. The molecule has 1 aromatic carbocycles. The van der Waals surface area contributed by atoms with E-state index in [-0.39, 0.29) is 24.2 Å². The van der Waals surface area contributed by atoms with Gasteiger partial charge in [0.25, 0.3) is 5.91 Å². The molecule has 3 rings (SSSR count). The van der Waals surface area contributed by atoms with E-state index in [9.17, 15) is 4.79 Å². The first kappa shape index (κ1) is 15.5. The van der Waals surface area contributed by atoms with Crippen LogP contribution in [0.3, 0.4) is 0 Å². The van der Waals surface area contributed by atoms with Crippen molar-refractivity contribution in [3.63, 3.8) is 0 Å². The van der Waals surface area contributed by atoms with Crippen LogP contribution in [0.5, 0.6) is 0 Å². The molecule has 0 radical (unpaired) electrons. The van der Waals surface area contributed by atoms with E-state index in [2.05, 4.69) is 38.1 Å². The van der Waals surface area contributed by atoms with Gasteiger partial charge in [0.15, 0.2) is 0 Å². The van der Waals surface area contributed by atoms with Gasteiger partial charge in [-0.05, 0) is 44.2 Å². The van der Waals surface area contributed by atoms with Gasteiger partial charge in [-0.25, -0.2) is 0 Å². The Hall–Kier alpha value is -1.39. The maximum Gasteiger partial charge on any atom is 0.251 e. The maximum atomic E-state index is 12.7. The quantitative estimate of drug-likeness (QED) is 0.931. The second kappa shape index (κ2) is 6.39. The maximum absolute atomic E-state index is 12.7. The van der Waals surface area contributed by atoms with E-state index < -0.39 is 0 Å². The lowest BCUT2D eigenvalue weighted by Crippen LogP contribution is -2.41. The summed E-state index contributed by atoms with van der Waals surface area (Å²) in [6.45, 7) is 5.60. The molecule has 2 N–H and O–H groups in total. The van der Waals surface area contributed by atoms with Crippen molar-refractivity contribution < 1.29 is 9.53 Å². The SMILES string of the molecule is Cc1ccccc1C1CC(C)N(C(=O)[C@@H]2CC[C@H](CN)O2)C1. The van der Waals surface area contributed by atoms with E-state index in [0.29, 0.717) is 12.5 Å². The Labute approximate surface area is 132 Å². The van der Waals surface area contributed by atoms with E-state index in [4.69, 9.17) is 10.5 Å². The Balaban J connectivity index is 1.69. The molecule has 4 heteroatoms. The summed E-state index contributed by atoms with van der Waals surface area (Å²) in [6, 6.07) is 8.77. The van der Waals surface area contributed by atoms with Gasteiger partial charge in [0.1, 0.15) is 6.10 Å². The zero-order valence-corrected chi connectivity index (χ0v) is 13.5. The van der Waals surface area contributed by atoms with Crippen molar-refractivity contribution in [3.8, 4) is 0 Å². The van der Waals surface area contributed by atoms with Gasteiger partial charge in [0.2, 0.25) is 0 Å². The van der Waals surface area contributed by atoms with Gasteiger partial charge in [0, 0.05) is 25.0 Å². The predicted molar refractivity (Wildman–Crippen MR) is 86.7 cm³/mol. The standard InChI is InChI=1S/C18H26N2O2/c1-12-5-3-4-6-16(12)14-9-13(2)20(11-14)18(21)17-8-7-15(10-19)22-17/h3-6,13-15,17H,7-11,19H2,1-2H3/t13?,14?,15-,17+/m1/s1. The Morgan fingerprint density at radius 3 is 2.82 bits per heavy atom. The van der Waals surface area contributed by atoms with Crippen LogP contribution in [-0.2, 0) is 9.53 Å². The number of nitrogens with zero attached hydrogens (tertiary/aromatic N) is 1. The smallest absolute Gasteiger partial charge is 0.251 e. The number of nitrogens with two attached hydrogens (primary N) is 1. The molecule has 1 amide bonds. The van der Waals surface area contributed by atoms with Crippen molar-refractivity contribution >= 4 is 5.91 Å². The van der Waals surface area contributed by atoms with E-state index in [0.717, 1.165) is 25.8 Å². The number of rotatable bonds is 3. The molecular weight excluding hydrogens is 276 g/mol. The van der Waals surface area contributed by atoms with Crippen LogP contribution in [0.1, 0.15) is 43.2 Å². The van der Waals surface area contributed by atoms with Crippen LogP contribution in [-0.4, -0.2) is 42.1 Å². The summed E-state index contributed by atoms with van der Waals surface area (Å²) in [4.78, 5) is 14.8. The fraction of sp³-hybridized carbons (Fsp3) is 0.611. The first-order chi connectivity index (χ1) is 10.6. The second-order valence-corrected chi connectivity index (χ2v) is 6.69. The molecule has 4 atom stereocenters. The third-order valence-electron chi connectivity index (χ3n) is 5.13. The molecule has 22 heavy (non-hydrogen) atoms. The highest BCUT2D eigenvalue weighted by molar-refractivity contribution is 5.82. The second-order valence-electron chi connectivity index (χ2n) is 6.69. The van der Waals surface area contributed by atoms with Gasteiger partial charge in [-0.1, -0.05) is 24.3 Å². The normalized spacial score (nSPS) is 31.7. The minimum absolute atomic E-state index is 0.0547. The lowest BCUT2D eigenvalue weighted by molar-refractivity contribution is -0.143. The number of amides is 1. The number of aryl methyl sites for hydroxylation is 1. The third kappa shape index (κ3) is 2.90. The summed E-state index contributed by atoms with van der Waals surface area (Å²) in [5.41, 5.74) is 8.33. The summed E-state index contributed by atoms with van der Waals surface area (Å²) in [5, 5.41) is 0. The number of likely N-dealkylation sites (tertiary alicyclic amines) is 1. The van der Waals surface area contributed by atoms with Crippen LogP contribution in [0.25, 0.3) is 0 Å². The number of benzene rings is 1. The molecule has 0 aromatic heterocycles. The van der Waals surface area contributed by atoms with Crippen LogP contribution in [0, 0.1) is 6.92 Å². The Morgan fingerprint density at radius 2 is 2.14 bits per heavy atom. The van der Waals surface area contributed by atoms with Crippen LogP contribution in [0.2, 0.25) is 0 Å². The Bertz CT molecular complexity index is 546. The highest BCUT2D eigenvalue weighted by atomic mass is 16.5. The Kier molecular flexibility index (Phi) is 4.50. The number of ether oxygens (including phenoxy) is 1. The number of hydrogen-bond acceptors (Lipinski definition) is 3. The van der Waals surface area contributed by atoms with Crippen molar-refractivity contribution in [2.75, 3.05) is 13.1 Å². The molecule has 0 saturated carbocycles. The zero-order valence-electron chi connectivity index (χ0n) is 13.5. The molecule has 2 fully saturated rings. The van der Waals surface area contributed by atoms with Gasteiger partial charge in [-0.15, -0.1) is 0 Å². The molecule has 2 aliphatic heterocycles. The highest BCUT2D eigenvalue weighted by Crippen LogP contribution is 2.34. The number of hydrogen-bond donors (Lipinski definition) is 1. The number of carbonyl (C=O) groups excluding carboxylic acids is 1. The van der Waals surface area contributed by atoms with E-state index in [1.807, 2.05) is 4.90 Å². The van der Waals surface area contributed by atoms with Crippen molar-refractivity contribution in [1.82, 2.24) is 4.90 Å². The molecule has 0 spiro atoms. The molecule has 1 aromatic rings. The Morgan fingerprint density at radius 1 is 1.36 bits per heavy atom. The highest BCUT2D eigenvalue weighted by Gasteiger charge is 2.39. The third-order valence-corrected chi connectivity index (χ3v) is 5.13. The molecule has 0 aliphatic carbocycles. The average Bonchev–Trinajstić information content (AvgIpc) is 3.13. The first-order valence-electron chi connectivity index (χ1n) is 8.31. The van der Waals surface area contributed by atoms with Gasteiger partial charge < -0.3 is 15.4 Å². The topological polar surface area (TPSA) is 55.6 Å². The monoisotopic (exact) mass is 302 g/mol. The fourth-order valence-corrected chi connectivity index (χ4v) is 3.85. The van der Waals surface area contributed by atoms with Crippen LogP contribution in [0.4, 0.5) is 0 Å². The lowest BCUT2D eigenvalue weighted by Gasteiger charge is -2.25. The van der Waals surface area contributed by atoms with Crippen LogP contribution >= 0.6 is 0 Å². The minimum Gasteiger partial charge on any atom is -0.364 e. The molecule has 2 unspecified atom stereocenters. The van der Waals surface area contributed by atoms with Crippen molar-refractivity contribution in [3.05, 3.63) is 35.4 Å². The molecular formula is C18H26N2O2. The average molecular weight is 302 g/mol. The molecule has 120 valence electrons. The van der Waals surface area contributed by atoms with Gasteiger partial charge in [-0.2, -0.15) is 0 Å². The molecule has 2 aliphatic rings. The lowest BCUT2D eigenvalue weighted by atomic mass is 9.93. The molecule has 4 nitrogen and oxygen atoms in total. The van der Waals surface area contributed by atoms with Gasteiger partial charge in [0.05, 0.1) is 6.10 Å². The zero-order chi connectivity index (χ0) is 15.7. The summed E-state index contributed by atoms with van der Waals surface area (Å²) >= 11 is 0. The molecule has 2 saturated heterocycles. The van der Waals surface area contributed by atoms with Gasteiger partial charge in [-0.3, -0.25) is 4.79 Å². The summed E-state index contributed by atoms with van der Waals surface area (Å²) in [7, 11) is 0. The summed E-state index contributed by atoms with van der Waals surface area (Å²) in [6.07, 6.45) is 2.50. The van der Waals surface area contributed by atoms with Crippen molar-refractivity contribution in [2.45, 2.75) is 57.3 Å². The van der Waals surface area contributed by atoms with E-state index in [1.54, 1.807) is 0 Å². The predicted octanol–water partition coefficient (Wildman–Crippen LogP) is 2.21. The van der Waals surface area contributed by atoms with E-state index >= 15 is 0 Å². The van der Waals surface area contributed by atoms with Crippen molar-refractivity contribution in [2.24, 2.45) is 5.73 Å². The molecule has 0 bridgehead atoms. The largest absolute Gasteiger partial charge is 0.364 e.